The highest BCUT2D eigenvalue weighted by Crippen LogP contribution is 2.12. The van der Waals surface area contributed by atoms with Gasteiger partial charge in [0.2, 0.25) is 11.8 Å². The topological polar surface area (TPSA) is 200 Å². The van der Waals surface area contributed by atoms with E-state index in [1.807, 2.05) is 13.8 Å². The third-order valence-electron chi connectivity index (χ3n) is 3.97. The number of hydrogen-bond acceptors (Lipinski definition) is 8. The molecule has 0 spiro atoms. The van der Waals surface area contributed by atoms with E-state index < -0.39 is 60.4 Å². The van der Waals surface area contributed by atoms with Gasteiger partial charge in [0.15, 0.2) is 0 Å². The quantitative estimate of drug-likeness (QED) is 0.173. The molecule has 8 N–H and O–H groups in total. The molecule has 0 aromatic rings. The minimum Gasteiger partial charge on any atom is -0.480 e. The van der Waals surface area contributed by atoms with Crippen molar-refractivity contribution >= 4 is 23.9 Å². The number of nitrogens with one attached hydrogen (secondary N) is 3. The van der Waals surface area contributed by atoms with Crippen LogP contribution in [0.15, 0.2) is 0 Å². The summed E-state index contributed by atoms with van der Waals surface area (Å²) in [6.07, 6.45) is -2.23. The van der Waals surface area contributed by atoms with Gasteiger partial charge in [-0.25, -0.2) is 9.59 Å². The van der Waals surface area contributed by atoms with Gasteiger partial charge in [-0.2, -0.15) is 0 Å². The second-order valence-electron chi connectivity index (χ2n) is 8.63. The number of alkyl carbamates (subject to hydrolysis) is 1. The Kier molecular flexibility index (Phi) is 12.0. The molecule has 0 aliphatic heterocycles. The van der Waals surface area contributed by atoms with E-state index in [-0.39, 0.29) is 18.8 Å². The summed E-state index contributed by atoms with van der Waals surface area (Å²) in [7, 11) is 0. The van der Waals surface area contributed by atoms with Gasteiger partial charge in [-0.05, 0) is 39.5 Å². The molecule has 0 fully saturated rings. The second-order valence-corrected chi connectivity index (χ2v) is 8.63. The SMILES string of the molecule is CC(C)C[C@H](NC(=O)OC(C)(C)C)C(O)N[C@H](CCC(N)=O)C(=O)N[C@@H](CO)C(=O)O. The highest BCUT2D eigenvalue weighted by molar-refractivity contribution is 5.87. The monoisotopic (exact) mass is 448 g/mol. The highest BCUT2D eigenvalue weighted by Gasteiger charge is 2.31. The standard InChI is InChI=1S/C19H36N4O8/c1-10(2)8-12(23-18(30)31-19(3,4)5)16(27)21-11(6-7-14(20)25)15(26)22-13(9-24)17(28)29/h10-13,16,21,24,27H,6-9H2,1-5H3,(H2,20,25)(H,22,26)(H,23,30)(H,28,29)/t11-,12+,13+,16?/m1/s1. The molecule has 0 saturated heterocycles. The van der Waals surface area contributed by atoms with Crippen molar-refractivity contribution < 1.29 is 39.2 Å². The molecular formula is C19H36N4O8. The summed E-state index contributed by atoms with van der Waals surface area (Å²) in [5.74, 6) is -2.95. The van der Waals surface area contributed by atoms with E-state index in [1.54, 1.807) is 20.8 Å². The van der Waals surface area contributed by atoms with Gasteiger partial charge >= 0.3 is 12.1 Å². The average Bonchev–Trinajstić information content (AvgIpc) is 2.59. The summed E-state index contributed by atoms with van der Waals surface area (Å²) in [5.41, 5.74) is 4.37. The number of nitrogens with two attached hydrogens (primary N) is 1. The van der Waals surface area contributed by atoms with Gasteiger partial charge in [-0.15, -0.1) is 0 Å². The Morgan fingerprint density at radius 3 is 2.06 bits per heavy atom. The number of carboxylic acids is 1. The van der Waals surface area contributed by atoms with Crippen LogP contribution in [0.4, 0.5) is 4.79 Å². The van der Waals surface area contributed by atoms with Crippen LogP contribution in [0, 0.1) is 5.92 Å². The number of ether oxygens (including phenoxy) is 1. The third kappa shape index (κ3) is 12.8. The van der Waals surface area contributed by atoms with E-state index in [9.17, 15) is 24.3 Å². The third-order valence-corrected chi connectivity index (χ3v) is 3.97. The number of carboxylic acid groups (broad SMARTS) is 1. The molecular weight excluding hydrogens is 412 g/mol. The van der Waals surface area contributed by atoms with Gasteiger partial charge in [0.1, 0.15) is 17.9 Å². The van der Waals surface area contributed by atoms with Crippen molar-refractivity contribution in [2.45, 2.75) is 83.8 Å². The Balaban J connectivity index is 5.41. The van der Waals surface area contributed by atoms with Gasteiger partial charge in [-0.1, -0.05) is 13.8 Å². The van der Waals surface area contributed by atoms with Crippen molar-refractivity contribution in [2.24, 2.45) is 11.7 Å². The van der Waals surface area contributed by atoms with Gasteiger partial charge in [0.05, 0.1) is 18.7 Å². The molecule has 3 amide bonds. The Labute approximate surface area is 181 Å². The number of carbonyl (C=O) groups is 4. The molecule has 0 heterocycles. The first-order chi connectivity index (χ1) is 14.2. The lowest BCUT2D eigenvalue weighted by Gasteiger charge is -2.30. The number of primary amides is 1. The zero-order valence-corrected chi connectivity index (χ0v) is 18.7. The lowest BCUT2D eigenvalue weighted by Crippen LogP contribution is -2.58. The molecule has 12 heteroatoms. The summed E-state index contributed by atoms with van der Waals surface area (Å²) < 4.78 is 5.20. The van der Waals surface area contributed by atoms with Crippen LogP contribution in [-0.4, -0.2) is 75.8 Å². The molecule has 31 heavy (non-hydrogen) atoms. The minimum absolute atomic E-state index is 0.0556. The van der Waals surface area contributed by atoms with E-state index in [1.165, 1.54) is 0 Å². The normalized spacial score (nSPS) is 15.5. The second kappa shape index (κ2) is 13.1. The van der Waals surface area contributed by atoms with E-state index in [0.717, 1.165) is 0 Å². The number of aliphatic carboxylic acids is 1. The molecule has 0 aromatic heterocycles. The molecule has 180 valence electrons. The van der Waals surface area contributed by atoms with Gasteiger partial charge < -0.3 is 36.4 Å². The largest absolute Gasteiger partial charge is 0.480 e. The molecule has 0 saturated carbocycles. The smallest absolute Gasteiger partial charge is 0.408 e. The van der Waals surface area contributed by atoms with Crippen molar-refractivity contribution in [3.63, 3.8) is 0 Å². The maximum atomic E-state index is 12.5. The van der Waals surface area contributed by atoms with Crippen LogP contribution in [0.5, 0.6) is 0 Å². The summed E-state index contributed by atoms with van der Waals surface area (Å²) in [6.45, 7) is 7.94. The lowest BCUT2D eigenvalue weighted by atomic mass is 10.0. The predicted octanol–water partition coefficient (Wildman–Crippen LogP) is -0.970. The molecule has 1 unspecified atom stereocenters. The molecule has 0 aliphatic carbocycles. The van der Waals surface area contributed by atoms with Crippen molar-refractivity contribution in [1.82, 2.24) is 16.0 Å². The van der Waals surface area contributed by atoms with Crippen LogP contribution in [0.1, 0.15) is 53.9 Å². The van der Waals surface area contributed by atoms with Crippen molar-refractivity contribution in [1.29, 1.82) is 0 Å². The Bertz CT molecular complexity index is 621. The van der Waals surface area contributed by atoms with E-state index in [0.29, 0.717) is 6.42 Å². The summed E-state index contributed by atoms with van der Waals surface area (Å²) in [4.78, 5) is 46.9. The first kappa shape index (κ1) is 28.6. The lowest BCUT2D eigenvalue weighted by molar-refractivity contribution is -0.143. The maximum absolute atomic E-state index is 12.5. The van der Waals surface area contributed by atoms with Crippen LogP contribution >= 0.6 is 0 Å². The number of hydrogen-bond donors (Lipinski definition) is 7. The fourth-order valence-corrected chi connectivity index (χ4v) is 2.59. The fourth-order valence-electron chi connectivity index (χ4n) is 2.59. The van der Waals surface area contributed by atoms with Crippen molar-refractivity contribution in [2.75, 3.05) is 6.61 Å². The number of carbonyl (C=O) groups excluding carboxylic acids is 3. The van der Waals surface area contributed by atoms with E-state index in [2.05, 4.69) is 16.0 Å². The van der Waals surface area contributed by atoms with E-state index >= 15 is 0 Å². The number of amides is 3. The zero-order valence-electron chi connectivity index (χ0n) is 18.7. The summed E-state index contributed by atoms with van der Waals surface area (Å²) in [6, 6.07) is -3.63. The first-order valence-electron chi connectivity index (χ1n) is 10.0. The Hall–Kier alpha value is -2.44. The number of aliphatic hydroxyl groups is 2. The Morgan fingerprint density at radius 2 is 1.65 bits per heavy atom. The van der Waals surface area contributed by atoms with Crippen LogP contribution in [0.2, 0.25) is 0 Å². The minimum atomic E-state index is -1.56. The van der Waals surface area contributed by atoms with Gasteiger partial charge in [0.25, 0.3) is 0 Å². The van der Waals surface area contributed by atoms with Gasteiger partial charge in [-0.3, -0.25) is 14.9 Å². The molecule has 0 aromatic carbocycles. The molecule has 4 atom stereocenters. The van der Waals surface area contributed by atoms with Crippen LogP contribution in [0.3, 0.4) is 0 Å². The maximum Gasteiger partial charge on any atom is 0.408 e. The summed E-state index contributed by atoms with van der Waals surface area (Å²) in [5, 5.41) is 36.0. The molecule has 0 bridgehead atoms. The first-order valence-corrected chi connectivity index (χ1v) is 10.0. The highest BCUT2D eigenvalue weighted by atomic mass is 16.6. The van der Waals surface area contributed by atoms with Crippen LogP contribution < -0.4 is 21.7 Å². The Morgan fingerprint density at radius 1 is 1.06 bits per heavy atom. The molecule has 0 rings (SSSR count). The molecule has 0 aliphatic rings. The molecule has 12 nitrogen and oxygen atoms in total. The van der Waals surface area contributed by atoms with Crippen molar-refractivity contribution in [3.05, 3.63) is 0 Å². The van der Waals surface area contributed by atoms with Crippen LogP contribution in [0.25, 0.3) is 0 Å². The van der Waals surface area contributed by atoms with Crippen LogP contribution in [-0.2, 0) is 19.1 Å². The molecule has 0 radical (unpaired) electrons. The van der Waals surface area contributed by atoms with Crippen molar-refractivity contribution in [3.8, 4) is 0 Å². The van der Waals surface area contributed by atoms with Gasteiger partial charge in [0, 0.05) is 6.42 Å². The number of rotatable bonds is 13. The zero-order chi connectivity index (χ0) is 24.4. The number of aliphatic hydroxyl groups excluding tert-OH is 2. The average molecular weight is 449 g/mol. The predicted molar refractivity (Wildman–Crippen MR) is 111 cm³/mol. The summed E-state index contributed by atoms with van der Waals surface area (Å²) >= 11 is 0. The van der Waals surface area contributed by atoms with E-state index in [4.69, 9.17) is 20.7 Å². The fraction of sp³-hybridized carbons (Fsp3) is 0.789.